The second kappa shape index (κ2) is 6.49. The molecule has 2 atom stereocenters. The van der Waals surface area contributed by atoms with E-state index in [-0.39, 0.29) is 17.7 Å². The number of nitrogens with zero attached hydrogens (tertiary/aromatic N) is 4. The van der Waals surface area contributed by atoms with E-state index >= 15 is 0 Å². The quantitative estimate of drug-likeness (QED) is 0.902. The maximum atomic E-state index is 12.5. The first-order valence-corrected chi connectivity index (χ1v) is 8.33. The lowest BCUT2D eigenvalue weighted by molar-refractivity contribution is 0.0208. The monoisotopic (exact) mass is 321 g/mol. The van der Waals surface area contributed by atoms with Gasteiger partial charge in [-0.25, -0.2) is 9.78 Å². The number of amides is 2. The van der Waals surface area contributed by atoms with Crippen LogP contribution in [0.2, 0.25) is 0 Å². The van der Waals surface area contributed by atoms with Crippen LogP contribution in [-0.4, -0.2) is 70.8 Å². The Balaban J connectivity index is 1.59. The molecule has 0 aliphatic carbocycles. The minimum Gasteiger partial charge on any atom is -0.373 e. The van der Waals surface area contributed by atoms with Crippen LogP contribution in [0.3, 0.4) is 0 Å². The molecule has 3 heterocycles. The molecule has 0 bridgehead atoms. The molecule has 128 valence electrons. The van der Waals surface area contributed by atoms with Gasteiger partial charge in [0.05, 0.1) is 11.6 Å². The Morgan fingerprint density at radius 1 is 1.48 bits per heavy atom. The van der Waals surface area contributed by atoms with E-state index in [0.717, 1.165) is 38.4 Å². The summed E-state index contributed by atoms with van der Waals surface area (Å²) in [6.45, 7) is 5.68. The lowest BCUT2D eigenvalue weighted by Gasteiger charge is -2.39. The number of aryl methyl sites for hydroxylation is 1. The van der Waals surface area contributed by atoms with Crippen LogP contribution in [0.25, 0.3) is 0 Å². The van der Waals surface area contributed by atoms with Crippen LogP contribution in [-0.2, 0) is 11.8 Å². The number of carbonyl (C=O) groups is 1. The molecule has 2 aliphatic rings. The topological polar surface area (TPSA) is 62.6 Å². The Kier molecular flexibility index (Phi) is 4.59. The van der Waals surface area contributed by atoms with Gasteiger partial charge in [-0.15, -0.1) is 0 Å². The van der Waals surface area contributed by atoms with E-state index in [4.69, 9.17) is 4.74 Å². The molecule has 23 heavy (non-hydrogen) atoms. The summed E-state index contributed by atoms with van der Waals surface area (Å²) < 4.78 is 7.76. The molecule has 7 heteroatoms. The van der Waals surface area contributed by atoms with Gasteiger partial charge >= 0.3 is 6.03 Å². The van der Waals surface area contributed by atoms with Gasteiger partial charge in [0.1, 0.15) is 5.82 Å². The normalized spacial score (nSPS) is 29.0. The number of likely N-dealkylation sites (N-methyl/N-ethyl adjacent to an activating group) is 1. The smallest absolute Gasteiger partial charge is 0.317 e. The molecule has 2 amide bonds. The molecule has 2 fully saturated rings. The van der Waals surface area contributed by atoms with Crippen molar-refractivity contribution in [1.29, 1.82) is 0 Å². The molecule has 2 aliphatic heterocycles. The molecule has 2 saturated heterocycles. The van der Waals surface area contributed by atoms with Crippen molar-refractivity contribution in [2.24, 2.45) is 7.05 Å². The van der Waals surface area contributed by atoms with E-state index in [2.05, 4.69) is 29.2 Å². The van der Waals surface area contributed by atoms with Crippen molar-refractivity contribution in [3.05, 3.63) is 18.2 Å². The van der Waals surface area contributed by atoms with Crippen molar-refractivity contribution in [2.45, 2.75) is 31.4 Å². The van der Waals surface area contributed by atoms with E-state index in [1.807, 2.05) is 22.7 Å². The second-order valence-corrected chi connectivity index (χ2v) is 6.90. The molecular weight excluding hydrogens is 294 g/mol. The third-order valence-electron chi connectivity index (χ3n) is 5.01. The Morgan fingerprint density at radius 3 is 2.96 bits per heavy atom. The van der Waals surface area contributed by atoms with Gasteiger partial charge in [0.25, 0.3) is 0 Å². The summed E-state index contributed by atoms with van der Waals surface area (Å²) in [4.78, 5) is 21.1. The third kappa shape index (κ3) is 3.50. The van der Waals surface area contributed by atoms with Crippen LogP contribution in [0.5, 0.6) is 0 Å². The zero-order chi connectivity index (χ0) is 16.4. The predicted molar refractivity (Wildman–Crippen MR) is 87.1 cm³/mol. The summed E-state index contributed by atoms with van der Waals surface area (Å²) in [7, 11) is 4.08. The fourth-order valence-corrected chi connectivity index (χ4v) is 3.39. The van der Waals surface area contributed by atoms with Crippen LogP contribution in [0, 0.1) is 0 Å². The fraction of sp³-hybridized carbons (Fsp3) is 0.750. The predicted octanol–water partition coefficient (Wildman–Crippen LogP) is 0.987. The van der Waals surface area contributed by atoms with Gasteiger partial charge in [-0.1, -0.05) is 0 Å². The summed E-state index contributed by atoms with van der Waals surface area (Å²) in [6.07, 6.45) is 5.83. The largest absolute Gasteiger partial charge is 0.373 e. The highest BCUT2D eigenvalue weighted by molar-refractivity contribution is 5.74. The number of rotatable bonds is 3. The number of hydrogen-bond donors (Lipinski definition) is 1. The second-order valence-electron chi connectivity index (χ2n) is 6.90. The molecule has 0 aromatic carbocycles. The van der Waals surface area contributed by atoms with Crippen molar-refractivity contribution in [2.75, 3.05) is 39.8 Å². The van der Waals surface area contributed by atoms with Gasteiger partial charge in [-0.2, -0.15) is 0 Å². The maximum Gasteiger partial charge on any atom is 0.317 e. The SMILES string of the molecule is CN1CCN(C(=O)NC[C@@]2(C)CCCO2)C[C@@H]1c1nccn1C. The lowest BCUT2D eigenvalue weighted by Crippen LogP contribution is -2.54. The van der Waals surface area contributed by atoms with Gasteiger partial charge in [0, 0.05) is 52.2 Å². The van der Waals surface area contributed by atoms with E-state index in [1.54, 1.807) is 6.20 Å². The molecule has 3 rings (SSSR count). The van der Waals surface area contributed by atoms with Crippen LogP contribution < -0.4 is 5.32 Å². The maximum absolute atomic E-state index is 12.5. The van der Waals surface area contributed by atoms with Crippen molar-refractivity contribution in [3.63, 3.8) is 0 Å². The Bertz CT molecular complexity index is 552. The molecule has 0 saturated carbocycles. The zero-order valence-electron chi connectivity index (χ0n) is 14.3. The first-order chi connectivity index (χ1) is 11.0. The number of ether oxygens (including phenoxy) is 1. The first kappa shape index (κ1) is 16.3. The lowest BCUT2D eigenvalue weighted by atomic mass is 10.0. The van der Waals surface area contributed by atoms with Crippen LogP contribution in [0.1, 0.15) is 31.6 Å². The zero-order valence-corrected chi connectivity index (χ0v) is 14.3. The number of imidazole rings is 1. The minimum absolute atomic E-state index is 0.00552. The van der Waals surface area contributed by atoms with Gasteiger partial charge < -0.3 is 19.5 Å². The summed E-state index contributed by atoms with van der Waals surface area (Å²) in [5.74, 6) is 0.996. The average molecular weight is 321 g/mol. The molecule has 1 N–H and O–H groups in total. The highest BCUT2D eigenvalue weighted by Crippen LogP contribution is 2.25. The highest BCUT2D eigenvalue weighted by Gasteiger charge is 2.33. The number of carbonyl (C=O) groups excluding carboxylic acids is 1. The molecule has 7 nitrogen and oxygen atoms in total. The van der Waals surface area contributed by atoms with Crippen molar-refractivity contribution >= 4 is 6.03 Å². The average Bonchev–Trinajstić information content (AvgIpc) is 3.15. The van der Waals surface area contributed by atoms with E-state index < -0.39 is 0 Å². The first-order valence-electron chi connectivity index (χ1n) is 8.33. The number of piperazine rings is 1. The Morgan fingerprint density at radius 2 is 2.30 bits per heavy atom. The van der Waals surface area contributed by atoms with Crippen molar-refractivity contribution in [1.82, 2.24) is 24.7 Å². The Hall–Kier alpha value is -1.60. The molecule has 1 aromatic heterocycles. The van der Waals surface area contributed by atoms with Gasteiger partial charge in [-0.3, -0.25) is 4.90 Å². The van der Waals surface area contributed by atoms with E-state index in [1.165, 1.54) is 0 Å². The van der Waals surface area contributed by atoms with Crippen molar-refractivity contribution < 1.29 is 9.53 Å². The van der Waals surface area contributed by atoms with Gasteiger partial charge in [0.2, 0.25) is 0 Å². The third-order valence-corrected chi connectivity index (χ3v) is 5.01. The van der Waals surface area contributed by atoms with Crippen LogP contribution >= 0.6 is 0 Å². The van der Waals surface area contributed by atoms with Crippen LogP contribution in [0.15, 0.2) is 12.4 Å². The van der Waals surface area contributed by atoms with E-state index in [9.17, 15) is 4.79 Å². The number of urea groups is 1. The summed E-state index contributed by atoms with van der Waals surface area (Å²) in [6, 6.07) is 0.127. The fourth-order valence-electron chi connectivity index (χ4n) is 3.39. The van der Waals surface area contributed by atoms with Gasteiger partial charge in [-0.05, 0) is 26.8 Å². The number of hydrogen-bond acceptors (Lipinski definition) is 4. The molecule has 0 unspecified atom stereocenters. The molecule has 0 spiro atoms. The van der Waals surface area contributed by atoms with Crippen molar-refractivity contribution in [3.8, 4) is 0 Å². The standard InChI is InChI=1S/C16H27N5O2/c1-16(5-4-10-23-16)12-18-15(22)21-9-8-19(2)13(11-21)14-17-6-7-20(14)3/h6-7,13H,4-5,8-12H2,1-3H3,(H,18,22)/t13-,16-/m1/s1. The minimum atomic E-state index is -0.207. The molecule has 0 radical (unpaired) electrons. The summed E-state index contributed by atoms with van der Waals surface area (Å²) in [5, 5.41) is 3.05. The summed E-state index contributed by atoms with van der Waals surface area (Å²) in [5.41, 5.74) is -0.207. The highest BCUT2D eigenvalue weighted by atomic mass is 16.5. The summed E-state index contributed by atoms with van der Waals surface area (Å²) >= 11 is 0. The number of aromatic nitrogens is 2. The van der Waals surface area contributed by atoms with Gasteiger partial charge in [0.15, 0.2) is 0 Å². The number of nitrogens with one attached hydrogen (secondary N) is 1. The van der Waals surface area contributed by atoms with E-state index in [0.29, 0.717) is 13.1 Å². The molecule has 1 aromatic rings. The molecular formula is C16H27N5O2. The Labute approximate surface area is 137 Å². The van der Waals surface area contributed by atoms with Crippen LogP contribution in [0.4, 0.5) is 4.79 Å².